The summed E-state index contributed by atoms with van der Waals surface area (Å²) in [6, 6.07) is 12.4. The Morgan fingerprint density at radius 2 is 1.83 bits per heavy atom. The zero-order chi connectivity index (χ0) is 16.4. The Morgan fingerprint density at radius 3 is 2.48 bits per heavy atom. The van der Waals surface area contributed by atoms with Crippen molar-refractivity contribution in [3.05, 3.63) is 53.3 Å². The van der Waals surface area contributed by atoms with Crippen LogP contribution in [-0.2, 0) is 6.42 Å². The first kappa shape index (κ1) is 15.9. The molecule has 2 heterocycles. The van der Waals surface area contributed by atoms with E-state index in [4.69, 9.17) is 0 Å². The number of nitrogens with zero attached hydrogens (tertiary/aromatic N) is 3. The molecule has 1 saturated heterocycles. The van der Waals surface area contributed by atoms with Gasteiger partial charge in [0.25, 0.3) is 0 Å². The smallest absolute Gasteiger partial charge is 0.225 e. The van der Waals surface area contributed by atoms with Crippen molar-refractivity contribution in [1.29, 1.82) is 0 Å². The Kier molecular flexibility index (Phi) is 4.35. The number of piperidine rings is 1. The summed E-state index contributed by atoms with van der Waals surface area (Å²) in [5.74, 6) is 0.958. The molecule has 0 unspecified atom stereocenters. The van der Waals surface area contributed by atoms with Crippen LogP contribution in [-0.4, -0.2) is 33.8 Å². The molecule has 1 aliphatic heterocycles. The first-order chi connectivity index (χ1) is 10.9. The van der Waals surface area contributed by atoms with Gasteiger partial charge in [-0.3, -0.25) is 0 Å². The minimum absolute atomic E-state index is 0.170. The predicted molar refractivity (Wildman–Crippen MR) is 92.6 cm³/mol. The Labute approximate surface area is 138 Å². The normalized spacial score (nSPS) is 24.7. The molecule has 1 aliphatic rings. The molecule has 1 fully saturated rings. The van der Waals surface area contributed by atoms with E-state index in [2.05, 4.69) is 39.1 Å². The summed E-state index contributed by atoms with van der Waals surface area (Å²) in [6.45, 7) is 7.53. The molecule has 0 radical (unpaired) electrons. The van der Waals surface area contributed by atoms with E-state index >= 15 is 0 Å². The minimum atomic E-state index is -0.648. The van der Waals surface area contributed by atoms with E-state index in [0.717, 1.165) is 43.3 Å². The molecule has 4 heteroatoms. The fourth-order valence-corrected chi connectivity index (χ4v) is 3.33. The van der Waals surface area contributed by atoms with Crippen LogP contribution >= 0.6 is 0 Å². The fourth-order valence-electron chi connectivity index (χ4n) is 3.33. The van der Waals surface area contributed by atoms with Crippen molar-refractivity contribution in [3.63, 3.8) is 0 Å². The van der Waals surface area contributed by atoms with Gasteiger partial charge in [-0.15, -0.1) is 0 Å². The summed E-state index contributed by atoms with van der Waals surface area (Å²) >= 11 is 0. The summed E-state index contributed by atoms with van der Waals surface area (Å²) in [5, 5.41) is 10.8. The van der Waals surface area contributed by atoms with Gasteiger partial charge in [-0.25, -0.2) is 9.97 Å². The number of benzene rings is 1. The monoisotopic (exact) mass is 311 g/mol. The van der Waals surface area contributed by atoms with Gasteiger partial charge >= 0.3 is 0 Å². The van der Waals surface area contributed by atoms with Gasteiger partial charge in [-0.05, 0) is 45.2 Å². The first-order valence-electron chi connectivity index (χ1n) is 8.27. The molecule has 122 valence electrons. The number of aromatic nitrogens is 2. The van der Waals surface area contributed by atoms with Gasteiger partial charge in [0.15, 0.2) is 0 Å². The van der Waals surface area contributed by atoms with Gasteiger partial charge in [-0.1, -0.05) is 30.3 Å². The fraction of sp³-hybridized carbons (Fsp3) is 0.474. The molecule has 23 heavy (non-hydrogen) atoms. The largest absolute Gasteiger partial charge is 0.390 e. The molecule has 1 aromatic carbocycles. The average Bonchev–Trinajstić information content (AvgIpc) is 2.49. The van der Waals surface area contributed by atoms with Crippen LogP contribution in [0.15, 0.2) is 36.4 Å². The molecule has 2 atom stereocenters. The van der Waals surface area contributed by atoms with Crippen molar-refractivity contribution in [2.45, 2.75) is 39.2 Å². The van der Waals surface area contributed by atoms with Gasteiger partial charge in [0.05, 0.1) is 5.60 Å². The van der Waals surface area contributed by atoms with Crippen molar-refractivity contribution in [2.75, 3.05) is 18.0 Å². The van der Waals surface area contributed by atoms with E-state index in [1.807, 2.05) is 32.9 Å². The van der Waals surface area contributed by atoms with Crippen molar-refractivity contribution in [2.24, 2.45) is 5.92 Å². The minimum Gasteiger partial charge on any atom is -0.390 e. The van der Waals surface area contributed by atoms with E-state index in [0.29, 0.717) is 0 Å². The van der Waals surface area contributed by atoms with Crippen molar-refractivity contribution >= 4 is 5.95 Å². The highest BCUT2D eigenvalue weighted by molar-refractivity contribution is 5.34. The summed E-state index contributed by atoms with van der Waals surface area (Å²) in [7, 11) is 0. The van der Waals surface area contributed by atoms with Crippen LogP contribution in [0.5, 0.6) is 0 Å². The van der Waals surface area contributed by atoms with Crippen LogP contribution in [0.4, 0.5) is 5.95 Å². The van der Waals surface area contributed by atoms with E-state index in [-0.39, 0.29) is 5.92 Å². The van der Waals surface area contributed by atoms with Gasteiger partial charge in [0.2, 0.25) is 5.95 Å². The van der Waals surface area contributed by atoms with Crippen LogP contribution in [0, 0.1) is 19.8 Å². The molecule has 0 aliphatic carbocycles. The highest BCUT2D eigenvalue weighted by Gasteiger charge is 2.38. The van der Waals surface area contributed by atoms with Gasteiger partial charge in [0.1, 0.15) is 0 Å². The van der Waals surface area contributed by atoms with E-state index in [1.54, 1.807) is 0 Å². The molecule has 4 nitrogen and oxygen atoms in total. The summed E-state index contributed by atoms with van der Waals surface area (Å²) in [6.07, 6.45) is 1.61. The topological polar surface area (TPSA) is 49.2 Å². The van der Waals surface area contributed by atoms with E-state index in [9.17, 15) is 5.11 Å². The molecule has 0 amide bonds. The Hall–Kier alpha value is -1.94. The van der Waals surface area contributed by atoms with E-state index in [1.165, 1.54) is 5.56 Å². The van der Waals surface area contributed by atoms with Crippen LogP contribution < -0.4 is 4.90 Å². The number of aliphatic hydroxyl groups is 1. The number of hydrogen-bond donors (Lipinski definition) is 1. The molecule has 2 aromatic rings. The SMILES string of the molecule is Cc1cc(C)nc(N2CC[C@@](C)(O)[C@@H](Cc3ccccc3)C2)n1. The van der Waals surface area contributed by atoms with Crippen molar-refractivity contribution < 1.29 is 5.11 Å². The molecular weight excluding hydrogens is 286 g/mol. The standard InChI is InChI=1S/C19H25N3O/c1-14-11-15(2)21-18(20-14)22-10-9-19(3,23)17(13-22)12-16-7-5-4-6-8-16/h4-8,11,17,23H,9-10,12-13H2,1-3H3/t17-,19+/m0/s1. The second-order valence-corrected chi connectivity index (χ2v) is 6.89. The third-order valence-corrected chi connectivity index (χ3v) is 4.79. The molecular formula is C19H25N3O. The lowest BCUT2D eigenvalue weighted by molar-refractivity contribution is -0.0169. The Morgan fingerprint density at radius 1 is 1.17 bits per heavy atom. The van der Waals surface area contributed by atoms with Crippen LogP contribution in [0.1, 0.15) is 30.3 Å². The van der Waals surface area contributed by atoms with Crippen LogP contribution in [0.3, 0.4) is 0 Å². The van der Waals surface area contributed by atoms with Crippen molar-refractivity contribution in [1.82, 2.24) is 9.97 Å². The summed E-state index contributed by atoms with van der Waals surface area (Å²) < 4.78 is 0. The van der Waals surface area contributed by atoms with E-state index < -0.39 is 5.60 Å². The third-order valence-electron chi connectivity index (χ3n) is 4.79. The van der Waals surface area contributed by atoms with Crippen molar-refractivity contribution in [3.8, 4) is 0 Å². The van der Waals surface area contributed by atoms with Gasteiger partial charge in [0, 0.05) is 30.4 Å². The average molecular weight is 311 g/mol. The molecule has 1 aromatic heterocycles. The maximum absolute atomic E-state index is 10.8. The molecule has 0 saturated carbocycles. The predicted octanol–water partition coefficient (Wildman–Crippen LogP) is 2.91. The highest BCUT2D eigenvalue weighted by atomic mass is 16.3. The zero-order valence-corrected chi connectivity index (χ0v) is 14.2. The summed E-state index contributed by atoms with van der Waals surface area (Å²) in [4.78, 5) is 11.4. The second kappa shape index (κ2) is 6.28. The Balaban J connectivity index is 1.81. The maximum Gasteiger partial charge on any atom is 0.225 e. The second-order valence-electron chi connectivity index (χ2n) is 6.89. The quantitative estimate of drug-likeness (QED) is 0.947. The lowest BCUT2D eigenvalue weighted by Crippen LogP contribution is -2.51. The van der Waals surface area contributed by atoms with Gasteiger partial charge in [-0.2, -0.15) is 0 Å². The molecule has 0 bridgehead atoms. The number of hydrogen-bond acceptors (Lipinski definition) is 4. The maximum atomic E-state index is 10.8. The van der Waals surface area contributed by atoms with Crippen LogP contribution in [0.25, 0.3) is 0 Å². The lowest BCUT2D eigenvalue weighted by Gasteiger charge is -2.43. The summed E-state index contributed by atoms with van der Waals surface area (Å²) in [5.41, 5.74) is 2.60. The highest BCUT2D eigenvalue weighted by Crippen LogP contribution is 2.32. The molecule has 1 N–H and O–H groups in total. The number of anilines is 1. The molecule has 0 spiro atoms. The third kappa shape index (κ3) is 3.70. The number of rotatable bonds is 3. The number of aryl methyl sites for hydroxylation is 2. The lowest BCUT2D eigenvalue weighted by atomic mass is 9.79. The molecule has 3 rings (SSSR count). The van der Waals surface area contributed by atoms with Crippen LogP contribution in [0.2, 0.25) is 0 Å². The Bertz CT molecular complexity index is 649. The zero-order valence-electron chi connectivity index (χ0n) is 14.2. The van der Waals surface area contributed by atoms with Gasteiger partial charge < -0.3 is 10.0 Å². The first-order valence-corrected chi connectivity index (χ1v) is 8.27.